The van der Waals surface area contributed by atoms with Gasteiger partial charge in [-0.15, -0.1) is 0 Å². The van der Waals surface area contributed by atoms with Crippen molar-refractivity contribution in [3.8, 4) is 0 Å². The summed E-state index contributed by atoms with van der Waals surface area (Å²) in [5.74, 6) is 0.239. The van der Waals surface area contributed by atoms with Crippen molar-refractivity contribution < 1.29 is 9.90 Å². The molecule has 0 aromatic heterocycles. The van der Waals surface area contributed by atoms with Gasteiger partial charge in [-0.2, -0.15) is 0 Å². The molecule has 0 aromatic rings. The van der Waals surface area contributed by atoms with Crippen LogP contribution >= 0.6 is 0 Å². The Labute approximate surface area is 135 Å². The summed E-state index contributed by atoms with van der Waals surface area (Å²) in [6, 6.07) is 1.25. The topological polar surface area (TPSA) is 55.8 Å². The van der Waals surface area contributed by atoms with Gasteiger partial charge in [0, 0.05) is 44.7 Å². The van der Waals surface area contributed by atoms with Crippen molar-refractivity contribution >= 4 is 6.03 Å². The lowest BCUT2D eigenvalue weighted by atomic mass is 9.86. The summed E-state index contributed by atoms with van der Waals surface area (Å²) in [6.45, 7) is 6.72. The Morgan fingerprint density at radius 3 is 2.50 bits per heavy atom. The number of hydrogen-bond donors (Lipinski definition) is 2. The second-order valence-corrected chi connectivity index (χ2v) is 7.29. The van der Waals surface area contributed by atoms with Crippen molar-refractivity contribution in [2.24, 2.45) is 5.92 Å². The quantitative estimate of drug-likeness (QED) is 0.756. The van der Waals surface area contributed by atoms with E-state index >= 15 is 0 Å². The van der Waals surface area contributed by atoms with Crippen LogP contribution < -0.4 is 5.32 Å². The standard InChI is InChI=1S/C17H33N3O2/c1-13(2)20(15-8-9-15)11-10-18-17(22)19(3)12-14-6-4-5-7-16(14)21/h13-16,21H,4-12H2,1-3H3,(H,18,22). The van der Waals surface area contributed by atoms with Crippen LogP contribution in [0.1, 0.15) is 52.4 Å². The number of urea groups is 1. The van der Waals surface area contributed by atoms with E-state index in [0.29, 0.717) is 19.1 Å². The number of hydrogen-bond acceptors (Lipinski definition) is 3. The third-order valence-electron chi connectivity index (χ3n) is 5.05. The van der Waals surface area contributed by atoms with Crippen LogP contribution in [0.15, 0.2) is 0 Å². The molecule has 2 rings (SSSR count). The highest BCUT2D eigenvalue weighted by Gasteiger charge is 2.30. The molecule has 2 fully saturated rings. The summed E-state index contributed by atoms with van der Waals surface area (Å²) < 4.78 is 0. The zero-order valence-electron chi connectivity index (χ0n) is 14.4. The lowest BCUT2D eigenvalue weighted by Gasteiger charge is -2.31. The van der Waals surface area contributed by atoms with Crippen LogP contribution in [0.2, 0.25) is 0 Å². The molecule has 0 aliphatic heterocycles. The number of nitrogens with zero attached hydrogens (tertiary/aromatic N) is 2. The Balaban J connectivity index is 1.67. The van der Waals surface area contributed by atoms with Gasteiger partial charge in [0.15, 0.2) is 0 Å². The zero-order valence-corrected chi connectivity index (χ0v) is 14.4. The predicted octanol–water partition coefficient (Wildman–Crippen LogP) is 2.05. The summed E-state index contributed by atoms with van der Waals surface area (Å²) >= 11 is 0. The second kappa shape index (κ2) is 8.16. The van der Waals surface area contributed by atoms with Gasteiger partial charge in [0.2, 0.25) is 0 Å². The van der Waals surface area contributed by atoms with Gasteiger partial charge < -0.3 is 15.3 Å². The number of carbonyl (C=O) groups is 1. The first-order valence-corrected chi connectivity index (χ1v) is 8.91. The molecule has 2 N–H and O–H groups in total. The minimum atomic E-state index is -0.240. The zero-order chi connectivity index (χ0) is 16.1. The first-order chi connectivity index (χ1) is 10.5. The van der Waals surface area contributed by atoms with Crippen LogP contribution in [0, 0.1) is 5.92 Å². The summed E-state index contributed by atoms with van der Waals surface area (Å²) in [6.07, 6.45) is 6.54. The molecule has 2 saturated carbocycles. The smallest absolute Gasteiger partial charge is 0.317 e. The lowest BCUT2D eigenvalue weighted by Crippen LogP contribution is -2.46. The molecule has 5 nitrogen and oxygen atoms in total. The van der Waals surface area contributed by atoms with Gasteiger partial charge in [-0.3, -0.25) is 4.90 Å². The van der Waals surface area contributed by atoms with Crippen LogP contribution in [0.25, 0.3) is 0 Å². The predicted molar refractivity (Wildman–Crippen MR) is 88.9 cm³/mol. The van der Waals surface area contributed by atoms with Gasteiger partial charge in [0.1, 0.15) is 0 Å². The summed E-state index contributed by atoms with van der Waals surface area (Å²) in [4.78, 5) is 16.4. The fourth-order valence-corrected chi connectivity index (χ4v) is 3.53. The molecule has 2 aliphatic carbocycles. The lowest BCUT2D eigenvalue weighted by molar-refractivity contribution is 0.0564. The molecule has 0 spiro atoms. The Morgan fingerprint density at radius 2 is 1.91 bits per heavy atom. The molecular formula is C17H33N3O2. The maximum atomic E-state index is 12.2. The molecule has 2 aliphatic rings. The molecule has 128 valence electrons. The average molecular weight is 311 g/mol. The van der Waals surface area contributed by atoms with Crippen LogP contribution in [-0.4, -0.2) is 65.8 Å². The highest BCUT2D eigenvalue weighted by molar-refractivity contribution is 5.73. The van der Waals surface area contributed by atoms with Gasteiger partial charge in [0.05, 0.1) is 6.10 Å². The van der Waals surface area contributed by atoms with Crippen LogP contribution in [0.3, 0.4) is 0 Å². The average Bonchev–Trinajstić information content (AvgIpc) is 3.29. The van der Waals surface area contributed by atoms with E-state index in [1.165, 1.54) is 19.3 Å². The number of nitrogens with one attached hydrogen (secondary N) is 1. The Morgan fingerprint density at radius 1 is 1.23 bits per heavy atom. The molecule has 5 heteroatoms. The van der Waals surface area contributed by atoms with Crippen molar-refractivity contribution in [2.75, 3.05) is 26.7 Å². The van der Waals surface area contributed by atoms with Gasteiger partial charge in [0.25, 0.3) is 0 Å². The number of amides is 2. The molecule has 0 saturated heterocycles. The third-order valence-corrected chi connectivity index (χ3v) is 5.05. The van der Waals surface area contributed by atoms with E-state index < -0.39 is 0 Å². The fraction of sp³-hybridized carbons (Fsp3) is 0.941. The Hall–Kier alpha value is -0.810. The van der Waals surface area contributed by atoms with Gasteiger partial charge >= 0.3 is 6.03 Å². The Bertz CT molecular complexity index is 356. The molecule has 0 radical (unpaired) electrons. The van der Waals surface area contributed by atoms with E-state index in [-0.39, 0.29) is 18.1 Å². The number of aliphatic hydroxyl groups excluding tert-OH is 1. The number of carbonyl (C=O) groups excluding carboxylic acids is 1. The highest BCUT2D eigenvalue weighted by atomic mass is 16.3. The van der Waals surface area contributed by atoms with Crippen molar-refractivity contribution in [3.05, 3.63) is 0 Å². The summed E-state index contributed by atoms with van der Waals surface area (Å²) in [5, 5.41) is 13.0. The fourth-order valence-electron chi connectivity index (χ4n) is 3.53. The molecule has 2 unspecified atom stereocenters. The highest BCUT2D eigenvalue weighted by Crippen LogP contribution is 2.28. The van der Waals surface area contributed by atoms with Crippen molar-refractivity contribution in [2.45, 2.75) is 70.6 Å². The normalized spacial score (nSPS) is 25.5. The van der Waals surface area contributed by atoms with Gasteiger partial charge in [-0.25, -0.2) is 4.79 Å². The maximum Gasteiger partial charge on any atom is 0.317 e. The molecule has 2 amide bonds. The van der Waals surface area contributed by atoms with E-state index in [0.717, 1.165) is 31.8 Å². The molecule has 0 heterocycles. The van der Waals surface area contributed by atoms with Crippen LogP contribution in [-0.2, 0) is 0 Å². The first kappa shape index (κ1) is 17.5. The van der Waals surface area contributed by atoms with Crippen molar-refractivity contribution in [1.29, 1.82) is 0 Å². The summed E-state index contributed by atoms with van der Waals surface area (Å²) in [5.41, 5.74) is 0. The van der Waals surface area contributed by atoms with E-state index in [1.54, 1.807) is 4.90 Å². The molecule has 2 atom stereocenters. The number of aliphatic hydroxyl groups is 1. The van der Waals surface area contributed by atoms with E-state index in [2.05, 4.69) is 24.1 Å². The van der Waals surface area contributed by atoms with E-state index in [4.69, 9.17) is 0 Å². The molecular weight excluding hydrogens is 278 g/mol. The van der Waals surface area contributed by atoms with Gasteiger partial charge in [-0.1, -0.05) is 12.8 Å². The van der Waals surface area contributed by atoms with Crippen LogP contribution in [0.4, 0.5) is 4.79 Å². The molecule has 0 aromatic carbocycles. The minimum Gasteiger partial charge on any atom is -0.393 e. The molecule has 22 heavy (non-hydrogen) atoms. The first-order valence-electron chi connectivity index (χ1n) is 8.91. The number of rotatable bonds is 7. The second-order valence-electron chi connectivity index (χ2n) is 7.29. The van der Waals surface area contributed by atoms with E-state index in [1.807, 2.05) is 7.05 Å². The summed E-state index contributed by atoms with van der Waals surface area (Å²) in [7, 11) is 1.83. The maximum absolute atomic E-state index is 12.2. The third kappa shape index (κ3) is 5.13. The largest absolute Gasteiger partial charge is 0.393 e. The SMILES string of the molecule is CC(C)N(CCNC(=O)N(C)CC1CCCCC1O)C1CC1. The van der Waals surface area contributed by atoms with Crippen molar-refractivity contribution in [3.63, 3.8) is 0 Å². The minimum absolute atomic E-state index is 0.0164. The van der Waals surface area contributed by atoms with Crippen molar-refractivity contribution in [1.82, 2.24) is 15.1 Å². The Kier molecular flexibility index (Phi) is 6.50. The monoisotopic (exact) mass is 311 g/mol. The van der Waals surface area contributed by atoms with Gasteiger partial charge in [-0.05, 0) is 39.5 Å². The van der Waals surface area contributed by atoms with Crippen LogP contribution in [0.5, 0.6) is 0 Å². The van der Waals surface area contributed by atoms with E-state index in [9.17, 15) is 9.90 Å². The molecule has 0 bridgehead atoms.